The van der Waals surface area contributed by atoms with Crippen molar-refractivity contribution >= 4 is 23.2 Å². The van der Waals surface area contributed by atoms with Crippen molar-refractivity contribution in [2.45, 2.75) is 32.6 Å². The highest BCUT2D eigenvalue weighted by Crippen LogP contribution is 2.33. The summed E-state index contributed by atoms with van der Waals surface area (Å²) in [5.74, 6) is 0.683. The van der Waals surface area contributed by atoms with E-state index in [1.165, 1.54) is 0 Å². The minimum Gasteiger partial charge on any atom is -0.494 e. The third-order valence-electron chi connectivity index (χ3n) is 3.40. The van der Waals surface area contributed by atoms with Crippen LogP contribution in [-0.2, 0) is 9.59 Å². The molecule has 0 atom stereocenters. The number of methoxy groups -OCH3 is 1. The lowest BCUT2D eigenvalue weighted by Gasteiger charge is -2.28. The van der Waals surface area contributed by atoms with Crippen LogP contribution in [0.25, 0.3) is 0 Å². The van der Waals surface area contributed by atoms with Gasteiger partial charge in [0.15, 0.2) is 0 Å². The van der Waals surface area contributed by atoms with Crippen molar-refractivity contribution in [3.05, 3.63) is 18.2 Å². The number of carbonyl (C=O) groups excluding carboxylic acids is 2. The molecule has 0 aromatic heterocycles. The number of amides is 2. The van der Waals surface area contributed by atoms with Gasteiger partial charge >= 0.3 is 0 Å². The number of ether oxygens (including phenoxy) is 1. The van der Waals surface area contributed by atoms with E-state index in [2.05, 4.69) is 5.32 Å². The molecule has 1 aliphatic rings. The van der Waals surface area contributed by atoms with Crippen LogP contribution in [0.3, 0.4) is 0 Å². The van der Waals surface area contributed by atoms with Gasteiger partial charge in [-0.1, -0.05) is 6.92 Å². The Morgan fingerprint density at radius 2 is 2.20 bits per heavy atom. The molecule has 0 unspecified atom stereocenters. The molecular weight excluding hydrogens is 256 g/mol. The molecule has 1 aromatic rings. The Morgan fingerprint density at radius 1 is 1.40 bits per heavy atom. The molecule has 0 saturated carbocycles. The molecule has 1 saturated heterocycles. The summed E-state index contributed by atoms with van der Waals surface area (Å²) in [6.45, 7) is 2.52. The fourth-order valence-corrected chi connectivity index (χ4v) is 2.29. The number of nitrogens with zero attached hydrogens (tertiary/aromatic N) is 1. The second kappa shape index (κ2) is 6.41. The van der Waals surface area contributed by atoms with Crippen LogP contribution in [0, 0.1) is 0 Å². The zero-order chi connectivity index (χ0) is 14.5. The van der Waals surface area contributed by atoms with Gasteiger partial charge in [-0.2, -0.15) is 0 Å². The SMILES string of the molecule is CCC(=O)Nc1ccc(N2CCCCC2=O)c(OC)c1. The van der Waals surface area contributed by atoms with Gasteiger partial charge in [0.1, 0.15) is 5.75 Å². The molecule has 2 amide bonds. The predicted molar refractivity (Wildman–Crippen MR) is 78.1 cm³/mol. The van der Waals surface area contributed by atoms with E-state index < -0.39 is 0 Å². The molecule has 0 bridgehead atoms. The maximum absolute atomic E-state index is 12.0. The van der Waals surface area contributed by atoms with Crippen LogP contribution < -0.4 is 15.0 Å². The van der Waals surface area contributed by atoms with Crippen molar-refractivity contribution < 1.29 is 14.3 Å². The molecule has 108 valence electrons. The average Bonchev–Trinajstić information content (AvgIpc) is 2.47. The standard InChI is InChI=1S/C15H20N2O3/c1-3-14(18)16-11-7-8-12(13(10-11)20-2)17-9-5-4-6-15(17)19/h7-8,10H,3-6,9H2,1-2H3,(H,16,18). The monoisotopic (exact) mass is 276 g/mol. The third-order valence-corrected chi connectivity index (χ3v) is 3.40. The van der Waals surface area contributed by atoms with Crippen LogP contribution in [-0.4, -0.2) is 25.5 Å². The normalized spacial score (nSPS) is 15.1. The number of carbonyl (C=O) groups is 2. The number of anilines is 2. The van der Waals surface area contributed by atoms with Gasteiger partial charge < -0.3 is 15.0 Å². The Labute approximate surface area is 118 Å². The van der Waals surface area contributed by atoms with E-state index in [1.807, 2.05) is 6.07 Å². The maximum atomic E-state index is 12.0. The van der Waals surface area contributed by atoms with Crippen molar-refractivity contribution in [1.82, 2.24) is 0 Å². The highest BCUT2D eigenvalue weighted by Gasteiger charge is 2.22. The first kappa shape index (κ1) is 14.4. The summed E-state index contributed by atoms with van der Waals surface area (Å²) in [5.41, 5.74) is 1.45. The smallest absolute Gasteiger partial charge is 0.227 e. The number of benzene rings is 1. The fraction of sp³-hybridized carbons (Fsp3) is 0.467. The molecule has 20 heavy (non-hydrogen) atoms. The number of nitrogens with one attached hydrogen (secondary N) is 1. The highest BCUT2D eigenvalue weighted by molar-refractivity contribution is 5.96. The molecule has 5 heteroatoms. The van der Waals surface area contributed by atoms with Crippen LogP contribution in [0.4, 0.5) is 11.4 Å². The lowest BCUT2D eigenvalue weighted by atomic mass is 10.1. The largest absolute Gasteiger partial charge is 0.494 e. The van der Waals surface area contributed by atoms with E-state index in [-0.39, 0.29) is 11.8 Å². The van der Waals surface area contributed by atoms with Gasteiger partial charge in [0.25, 0.3) is 0 Å². The van der Waals surface area contributed by atoms with Gasteiger partial charge in [-0.05, 0) is 25.0 Å². The van der Waals surface area contributed by atoms with Gasteiger partial charge in [0.2, 0.25) is 11.8 Å². The summed E-state index contributed by atoms with van der Waals surface area (Å²) in [4.78, 5) is 25.1. The molecule has 1 aromatic carbocycles. The van der Waals surface area contributed by atoms with Gasteiger partial charge in [-0.15, -0.1) is 0 Å². The second-order valence-corrected chi connectivity index (χ2v) is 4.79. The number of piperidine rings is 1. The molecule has 1 N–H and O–H groups in total. The second-order valence-electron chi connectivity index (χ2n) is 4.79. The number of rotatable bonds is 4. The number of hydrogen-bond acceptors (Lipinski definition) is 3. The fourth-order valence-electron chi connectivity index (χ4n) is 2.29. The molecule has 1 heterocycles. The van der Waals surface area contributed by atoms with E-state index >= 15 is 0 Å². The molecule has 1 fully saturated rings. The van der Waals surface area contributed by atoms with Crippen LogP contribution in [0.1, 0.15) is 32.6 Å². The molecule has 1 aliphatic heterocycles. The quantitative estimate of drug-likeness (QED) is 0.919. The van der Waals surface area contributed by atoms with E-state index in [0.717, 1.165) is 25.1 Å². The molecule has 0 aliphatic carbocycles. The van der Waals surface area contributed by atoms with Gasteiger partial charge in [0, 0.05) is 31.1 Å². The Morgan fingerprint density at radius 3 is 2.85 bits per heavy atom. The van der Waals surface area contributed by atoms with Crippen molar-refractivity contribution in [2.24, 2.45) is 0 Å². The highest BCUT2D eigenvalue weighted by atomic mass is 16.5. The predicted octanol–water partition coefficient (Wildman–Crippen LogP) is 2.56. The first-order chi connectivity index (χ1) is 9.65. The third kappa shape index (κ3) is 3.10. The Hall–Kier alpha value is -2.04. The zero-order valence-electron chi connectivity index (χ0n) is 11.9. The van der Waals surface area contributed by atoms with Crippen molar-refractivity contribution in [3.63, 3.8) is 0 Å². The zero-order valence-corrected chi connectivity index (χ0v) is 11.9. The van der Waals surface area contributed by atoms with Crippen LogP contribution in [0.15, 0.2) is 18.2 Å². The minimum atomic E-state index is -0.0474. The summed E-state index contributed by atoms with van der Waals surface area (Å²) < 4.78 is 5.36. The minimum absolute atomic E-state index is 0.0474. The van der Waals surface area contributed by atoms with Crippen LogP contribution >= 0.6 is 0 Å². The summed E-state index contributed by atoms with van der Waals surface area (Å²) in [6, 6.07) is 5.38. The lowest BCUT2D eigenvalue weighted by Crippen LogP contribution is -2.35. The van der Waals surface area contributed by atoms with Gasteiger partial charge in [-0.3, -0.25) is 9.59 Å². The molecule has 0 spiro atoms. The lowest BCUT2D eigenvalue weighted by molar-refractivity contribution is -0.119. The molecule has 5 nitrogen and oxygen atoms in total. The summed E-state index contributed by atoms with van der Waals surface area (Å²) in [7, 11) is 1.57. The summed E-state index contributed by atoms with van der Waals surface area (Å²) in [5, 5.41) is 2.79. The summed E-state index contributed by atoms with van der Waals surface area (Å²) >= 11 is 0. The van der Waals surface area contributed by atoms with Gasteiger partial charge in [-0.25, -0.2) is 0 Å². The van der Waals surface area contributed by atoms with Crippen molar-refractivity contribution in [1.29, 1.82) is 0 Å². The Bertz CT molecular complexity index is 514. The number of hydrogen-bond donors (Lipinski definition) is 1. The van der Waals surface area contributed by atoms with E-state index in [4.69, 9.17) is 4.74 Å². The van der Waals surface area contributed by atoms with Crippen LogP contribution in [0.5, 0.6) is 5.75 Å². The first-order valence-electron chi connectivity index (χ1n) is 6.94. The van der Waals surface area contributed by atoms with Crippen LogP contribution in [0.2, 0.25) is 0 Å². The van der Waals surface area contributed by atoms with Crippen molar-refractivity contribution in [3.8, 4) is 5.75 Å². The summed E-state index contributed by atoms with van der Waals surface area (Å²) in [6.07, 6.45) is 2.96. The maximum Gasteiger partial charge on any atom is 0.227 e. The molecule has 2 rings (SSSR count). The Kier molecular flexibility index (Phi) is 4.61. The van der Waals surface area contributed by atoms with E-state index in [9.17, 15) is 9.59 Å². The van der Waals surface area contributed by atoms with E-state index in [1.54, 1.807) is 31.1 Å². The molecular formula is C15H20N2O3. The van der Waals surface area contributed by atoms with E-state index in [0.29, 0.717) is 24.3 Å². The topological polar surface area (TPSA) is 58.6 Å². The first-order valence-corrected chi connectivity index (χ1v) is 6.94. The average molecular weight is 276 g/mol. The Balaban J connectivity index is 2.25. The van der Waals surface area contributed by atoms with Crippen molar-refractivity contribution in [2.75, 3.05) is 23.9 Å². The molecule has 0 radical (unpaired) electrons. The van der Waals surface area contributed by atoms with Gasteiger partial charge in [0.05, 0.1) is 12.8 Å².